The summed E-state index contributed by atoms with van der Waals surface area (Å²) >= 11 is 0. The molecule has 0 spiro atoms. The second-order valence-electron chi connectivity index (χ2n) is 10.5. The number of carbonyl (C=O) groups excluding carboxylic acids is 1. The van der Waals surface area contributed by atoms with Gasteiger partial charge in [-0.3, -0.25) is 4.79 Å². The van der Waals surface area contributed by atoms with E-state index in [2.05, 4.69) is 10.2 Å². The first-order valence-corrected chi connectivity index (χ1v) is 13.0. The van der Waals surface area contributed by atoms with Crippen molar-refractivity contribution in [2.24, 2.45) is 11.8 Å². The van der Waals surface area contributed by atoms with E-state index in [0.717, 1.165) is 57.5 Å². The van der Waals surface area contributed by atoms with E-state index < -0.39 is 11.4 Å². The summed E-state index contributed by atoms with van der Waals surface area (Å²) in [6.45, 7) is 3.47. The summed E-state index contributed by atoms with van der Waals surface area (Å²) < 4.78 is 14.6. The predicted octanol–water partition coefficient (Wildman–Crippen LogP) is 4.80. The number of piperidine rings is 1. The average molecular weight is 445 g/mol. The second kappa shape index (κ2) is 11.2. The molecule has 2 N–H and O–H groups in total. The van der Waals surface area contributed by atoms with Gasteiger partial charge in [-0.25, -0.2) is 4.39 Å². The van der Waals surface area contributed by atoms with E-state index in [1.165, 1.54) is 51.1 Å². The summed E-state index contributed by atoms with van der Waals surface area (Å²) in [5.74, 6) is -0.113. The molecule has 0 bridgehead atoms. The maximum Gasteiger partial charge on any atom is 0.182 e. The molecular weight excluding hydrogens is 403 g/mol. The third kappa shape index (κ3) is 5.60. The van der Waals surface area contributed by atoms with Crippen molar-refractivity contribution in [2.45, 2.75) is 88.7 Å². The maximum absolute atomic E-state index is 14.6. The number of hydrogen-bond acceptors (Lipinski definition) is 4. The monoisotopic (exact) mass is 444 g/mol. The van der Waals surface area contributed by atoms with E-state index in [9.17, 15) is 14.3 Å². The maximum atomic E-state index is 14.6. The largest absolute Gasteiger partial charge is 0.377 e. The SMILES string of the molecule is O=C(CNC1CCN(CC2CCCCCC2)CC1)C(O)(c1ccccc1F)C1CCCC1. The molecule has 1 unspecified atom stereocenters. The van der Waals surface area contributed by atoms with Crippen LogP contribution in [0.5, 0.6) is 0 Å². The van der Waals surface area contributed by atoms with Crippen LogP contribution >= 0.6 is 0 Å². The molecule has 1 aromatic carbocycles. The van der Waals surface area contributed by atoms with Gasteiger partial charge >= 0.3 is 0 Å². The van der Waals surface area contributed by atoms with Gasteiger partial charge in [0.15, 0.2) is 11.4 Å². The van der Waals surface area contributed by atoms with E-state index in [1.807, 2.05) is 0 Å². The van der Waals surface area contributed by atoms with E-state index in [-0.39, 0.29) is 29.9 Å². The molecule has 1 aromatic rings. The predicted molar refractivity (Wildman–Crippen MR) is 126 cm³/mol. The quantitative estimate of drug-likeness (QED) is 0.566. The molecule has 1 heterocycles. The molecule has 4 rings (SSSR count). The van der Waals surface area contributed by atoms with Crippen LogP contribution in [0.4, 0.5) is 4.39 Å². The Kier molecular flexibility index (Phi) is 8.36. The standard InChI is InChI=1S/C27H41FN2O2/c28-25-14-8-7-13-24(25)27(32,22-11-5-6-12-22)26(31)19-29-23-15-17-30(18-16-23)20-21-9-3-1-2-4-10-21/h7-8,13-14,21-23,29,32H,1-6,9-12,15-20H2. The number of carbonyl (C=O) groups is 1. The Hall–Kier alpha value is -1.30. The first-order chi connectivity index (χ1) is 15.6. The number of hydrogen-bond donors (Lipinski definition) is 2. The van der Waals surface area contributed by atoms with Gasteiger partial charge in [-0.15, -0.1) is 0 Å². The van der Waals surface area contributed by atoms with Crippen LogP contribution in [-0.2, 0) is 10.4 Å². The van der Waals surface area contributed by atoms with Crippen molar-refractivity contribution in [2.75, 3.05) is 26.2 Å². The minimum absolute atomic E-state index is 0.106. The normalized spacial score (nSPS) is 24.3. The molecule has 1 atom stereocenters. The zero-order valence-electron chi connectivity index (χ0n) is 19.5. The Morgan fingerprint density at radius 2 is 1.59 bits per heavy atom. The van der Waals surface area contributed by atoms with Crippen LogP contribution in [0.2, 0.25) is 0 Å². The summed E-state index contributed by atoms with van der Waals surface area (Å²) in [4.78, 5) is 15.9. The first-order valence-electron chi connectivity index (χ1n) is 13.0. The van der Waals surface area contributed by atoms with Gasteiger partial charge in [0.1, 0.15) is 5.82 Å². The van der Waals surface area contributed by atoms with Crippen LogP contribution in [0.15, 0.2) is 24.3 Å². The van der Waals surface area contributed by atoms with Crippen LogP contribution in [0.25, 0.3) is 0 Å². The molecule has 3 aliphatic rings. The van der Waals surface area contributed by atoms with Crippen molar-refractivity contribution in [1.29, 1.82) is 0 Å². The highest BCUT2D eigenvalue weighted by Crippen LogP contribution is 2.42. The zero-order chi connectivity index (χ0) is 22.4. The van der Waals surface area contributed by atoms with Crippen molar-refractivity contribution in [3.8, 4) is 0 Å². The van der Waals surface area contributed by atoms with Crippen molar-refractivity contribution in [3.63, 3.8) is 0 Å². The van der Waals surface area contributed by atoms with Crippen molar-refractivity contribution >= 4 is 5.78 Å². The third-order valence-electron chi connectivity index (χ3n) is 8.29. The molecule has 32 heavy (non-hydrogen) atoms. The van der Waals surface area contributed by atoms with Crippen molar-refractivity contribution < 1.29 is 14.3 Å². The molecular formula is C27H41FN2O2. The van der Waals surface area contributed by atoms with Crippen LogP contribution in [0.1, 0.15) is 82.6 Å². The fraction of sp³-hybridized carbons (Fsp3) is 0.741. The van der Waals surface area contributed by atoms with E-state index in [4.69, 9.17) is 0 Å². The minimum Gasteiger partial charge on any atom is -0.377 e. The second-order valence-corrected chi connectivity index (χ2v) is 10.5. The van der Waals surface area contributed by atoms with Crippen LogP contribution in [-0.4, -0.2) is 48.0 Å². The lowest BCUT2D eigenvalue weighted by Crippen LogP contribution is -2.50. The molecule has 0 radical (unpaired) electrons. The Bertz CT molecular complexity index is 735. The number of benzene rings is 1. The summed E-state index contributed by atoms with van der Waals surface area (Å²) in [6.07, 6.45) is 13.9. The van der Waals surface area contributed by atoms with Crippen LogP contribution in [0, 0.1) is 17.7 Å². The smallest absolute Gasteiger partial charge is 0.182 e. The number of rotatable bonds is 8. The number of nitrogens with one attached hydrogen (secondary N) is 1. The molecule has 1 saturated heterocycles. The number of Topliss-reactive ketones (excluding diaryl/α,β-unsaturated/α-hetero) is 1. The molecule has 3 fully saturated rings. The Labute approximate surface area is 193 Å². The Morgan fingerprint density at radius 1 is 0.969 bits per heavy atom. The van der Waals surface area contributed by atoms with Gasteiger partial charge in [-0.1, -0.05) is 56.7 Å². The Morgan fingerprint density at radius 3 is 2.25 bits per heavy atom. The fourth-order valence-corrected chi connectivity index (χ4v) is 6.31. The highest BCUT2D eigenvalue weighted by Gasteiger charge is 2.47. The van der Waals surface area contributed by atoms with E-state index >= 15 is 0 Å². The molecule has 1 aliphatic heterocycles. The van der Waals surface area contributed by atoms with Crippen molar-refractivity contribution in [1.82, 2.24) is 10.2 Å². The molecule has 178 valence electrons. The van der Waals surface area contributed by atoms with Crippen LogP contribution < -0.4 is 5.32 Å². The van der Waals surface area contributed by atoms with Crippen LogP contribution in [0.3, 0.4) is 0 Å². The highest BCUT2D eigenvalue weighted by molar-refractivity contribution is 5.90. The lowest BCUT2D eigenvalue weighted by molar-refractivity contribution is -0.144. The number of likely N-dealkylation sites (tertiary alicyclic amines) is 1. The van der Waals surface area contributed by atoms with E-state index in [0.29, 0.717) is 0 Å². The lowest BCUT2D eigenvalue weighted by Gasteiger charge is -2.36. The molecule has 5 heteroatoms. The molecule has 0 aromatic heterocycles. The van der Waals surface area contributed by atoms with Gasteiger partial charge in [0.2, 0.25) is 0 Å². The summed E-state index contributed by atoms with van der Waals surface area (Å²) in [7, 11) is 0. The summed E-state index contributed by atoms with van der Waals surface area (Å²) in [6, 6.07) is 6.54. The highest BCUT2D eigenvalue weighted by atomic mass is 19.1. The Balaban J connectivity index is 1.30. The van der Waals surface area contributed by atoms with Gasteiger partial charge in [0.05, 0.1) is 6.54 Å². The summed E-state index contributed by atoms with van der Waals surface area (Å²) in [5.41, 5.74) is -1.58. The first kappa shape index (κ1) is 23.8. The molecule has 2 saturated carbocycles. The number of nitrogens with zero attached hydrogens (tertiary/aromatic N) is 1. The van der Waals surface area contributed by atoms with Gasteiger partial charge < -0.3 is 15.3 Å². The molecule has 2 aliphatic carbocycles. The van der Waals surface area contributed by atoms with Gasteiger partial charge in [0.25, 0.3) is 0 Å². The number of halogens is 1. The molecule has 4 nitrogen and oxygen atoms in total. The molecule has 0 amide bonds. The average Bonchev–Trinajstić information content (AvgIpc) is 3.24. The van der Waals surface area contributed by atoms with Gasteiger partial charge in [-0.2, -0.15) is 0 Å². The topological polar surface area (TPSA) is 52.6 Å². The minimum atomic E-state index is -1.73. The van der Waals surface area contributed by atoms with Gasteiger partial charge in [0, 0.05) is 18.2 Å². The number of aliphatic hydroxyl groups is 1. The third-order valence-corrected chi connectivity index (χ3v) is 8.29. The van der Waals surface area contributed by atoms with Gasteiger partial charge in [-0.05, 0) is 69.5 Å². The van der Waals surface area contributed by atoms with Crippen molar-refractivity contribution in [3.05, 3.63) is 35.6 Å². The van der Waals surface area contributed by atoms with E-state index in [1.54, 1.807) is 18.2 Å². The summed E-state index contributed by atoms with van der Waals surface area (Å²) in [5, 5.41) is 15.0. The number of ketones is 1. The zero-order valence-corrected chi connectivity index (χ0v) is 19.5. The fourth-order valence-electron chi connectivity index (χ4n) is 6.31. The lowest BCUT2D eigenvalue weighted by atomic mass is 9.76.